The lowest BCUT2D eigenvalue weighted by atomic mass is 9.85. The molecule has 0 fully saturated rings. The van der Waals surface area contributed by atoms with Gasteiger partial charge in [-0.15, -0.1) is 0 Å². The van der Waals surface area contributed by atoms with Crippen molar-refractivity contribution in [2.45, 2.75) is 50.2 Å². The summed E-state index contributed by atoms with van der Waals surface area (Å²) in [7, 11) is -3.73. The molecule has 0 saturated carbocycles. The number of aliphatic imine (C=N–C) groups is 1. The van der Waals surface area contributed by atoms with E-state index in [1.54, 1.807) is 0 Å². The Morgan fingerprint density at radius 3 is 2.60 bits per heavy atom. The van der Waals surface area contributed by atoms with E-state index in [1.807, 2.05) is 0 Å². The second-order valence-corrected chi connectivity index (χ2v) is 10.5. The van der Waals surface area contributed by atoms with E-state index in [0.717, 1.165) is 12.3 Å². The molecule has 1 aliphatic carbocycles. The van der Waals surface area contributed by atoms with Crippen molar-refractivity contribution < 1.29 is 26.4 Å². The lowest BCUT2D eigenvalue weighted by Crippen LogP contribution is -2.57. The molecular weight excluding hydrogens is 423 g/mol. The number of allylic oxidation sites excluding steroid dienone is 2. The largest absolute Gasteiger partial charge is 0.386 e. The Hall–Kier alpha value is -2.63. The van der Waals surface area contributed by atoms with E-state index >= 15 is 0 Å². The van der Waals surface area contributed by atoms with Crippen molar-refractivity contribution in [2.24, 2.45) is 10.7 Å². The molecule has 0 aromatic carbocycles. The Balaban J connectivity index is 1.90. The zero-order valence-corrected chi connectivity index (χ0v) is 17.4. The first-order valence-electron chi connectivity index (χ1n) is 9.06. The molecule has 164 valence electrons. The average molecular weight is 445 g/mol. The molecule has 1 aromatic rings. The number of amides is 1. The Kier molecular flexibility index (Phi) is 5.34. The van der Waals surface area contributed by atoms with E-state index in [9.17, 15) is 26.4 Å². The Morgan fingerprint density at radius 1 is 1.37 bits per heavy atom. The molecule has 0 saturated heterocycles. The number of hydrogen-bond donors (Lipinski definition) is 2. The van der Waals surface area contributed by atoms with Gasteiger partial charge in [-0.05, 0) is 38.5 Å². The van der Waals surface area contributed by atoms with E-state index in [0.29, 0.717) is 4.68 Å². The number of halogens is 3. The van der Waals surface area contributed by atoms with Crippen molar-refractivity contribution in [1.29, 1.82) is 0 Å². The van der Waals surface area contributed by atoms with Gasteiger partial charge in [-0.25, -0.2) is 17.5 Å². The zero-order chi connectivity index (χ0) is 22.5. The van der Waals surface area contributed by atoms with Crippen LogP contribution in [0.3, 0.4) is 0 Å². The maximum atomic E-state index is 14.7. The van der Waals surface area contributed by atoms with Crippen molar-refractivity contribution in [3.8, 4) is 0 Å². The minimum atomic E-state index is -3.73. The minimum Gasteiger partial charge on any atom is -0.386 e. The summed E-state index contributed by atoms with van der Waals surface area (Å²) in [6.45, 7) is 1.46. The van der Waals surface area contributed by atoms with Gasteiger partial charge < -0.3 is 11.1 Å². The summed E-state index contributed by atoms with van der Waals surface area (Å²) in [5, 5.41) is 5.94. The van der Waals surface area contributed by atoms with Crippen molar-refractivity contribution in [3.05, 3.63) is 41.4 Å². The number of nitrogens with two attached hydrogens (primary N) is 1. The van der Waals surface area contributed by atoms with Crippen LogP contribution in [0.15, 0.2) is 40.7 Å². The highest BCUT2D eigenvalue weighted by Crippen LogP contribution is 2.38. The van der Waals surface area contributed by atoms with E-state index in [4.69, 9.17) is 5.73 Å². The fourth-order valence-electron chi connectivity index (χ4n) is 3.31. The number of sulfone groups is 1. The predicted molar refractivity (Wildman–Crippen MR) is 105 cm³/mol. The van der Waals surface area contributed by atoms with Gasteiger partial charge in [0.25, 0.3) is 5.91 Å². The van der Waals surface area contributed by atoms with Gasteiger partial charge in [0.1, 0.15) is 16.8 Å². The maximum Gasteiger partial charge on any atom is 0.333 e. The predicted octanol–water partition coefficient (Wildman–Crippen LogP) is 1.88. The number of carbonyl (C=O) groups is 1. The topological polar surface area (TPSA) is 119 Å². The van der Waals surface area contributed by atoms with Crippen LogP contribution in [0.2, 0.25) is 0 Å². The zero-order valence-electron chi connectivity index (χ0n) is 16.6. The summed E-state index contributed by atoms with van der Waals surface area (Å²) in [6, 6.07) is 1.12. The van der Waals surface area contributed by atoms with Gasteiger partial charge in [0.2, 0.25) is 0 Å². The molecule has 3 rings (SSSR count). The van der Waals surface area contributed by atoms with Gasteiger partial charge in [-0.1, -0.05) is 6.08 Å². The normalized spacial score (nSPS) is 27.8. The van der Waals surface area contributed by atoms with Crippen LogP contribution in [0.4, 0.5) is 13.2 Å². The van der Waals surface area contributed by atoms with Crippen LogP contribution in [0.25, 0.3) is 0 Å². The number of hydrogen-bond acceptors (Lipinski definition) is 6. The molecule has 1 aliphatic heterocycles. The van der Waals surface area contributed by atoms with Crippen LogP contribution >= 0.6 is 0 Å². The van der Waals surface area contributed by atoms with Crippen molar-refractivity contribution in [3.63, 3.8) is 0 Å². The van der Waals surface area contributed by atoms with Crippen LogP contribution < -0.4 is 11.1 Å². The first-order valence-corrected chi connectivity index (χ1v) is 10.7. The number of nitrogens with zero attached hydrogens (tertiary/aromatic N) is 3. The monoisotopic (exact) mass is 445 g/mol. The number of aromatic nitrogens is 2. The van der Waals surface area contributed by atoms with Gasteiger partial charge in [-0.2, -0.15) is 13.9 Å². The SMILES string of the molecule is CC1(C)C(N)=N[C@](C)(C2=CC(NC(=O)c3ccn(C(F)F)n3)=CCC2F)CS1(=O)=O. The molecule has 0 spiro atoms. The smallest absolute Gasteiger partial charge is 0.333 e. The summed E-state index contributed by atoms with van der Waals surface area (Å²) in [4.78, 5) is 16.6. The van der Waals surface area contributed by atoms with Gasteiger partial charge >= 0.3 is 6.55 Å². The third-order valence-electron chi connectivity index (χ3n) is 5.35. The molecule has 1 amide bonds. The molecule has 3 N–H and O–H groups in total. The quantitative estimate of drug-likeness (QED) is 0.733. The van der Waals surface area contributed by atoms with Crippen LogP contribution in [-0.2, 0) is 9.84 Å². The Bertz CT molecular complexity index is 1070. The highest BCUT2D eigenvalue weighted by molar-refractivity contribution is 7.93. The lowest BCUT2D eigenvalue weighted by molar-refractivity contribution is 0.0560. The number of nitrogens with one attached hydrogen (secondary N) is 1. The molecule has 2 atom stereocenters. The third kappa shape index (κ3) is 3.75. The maximum absolute atomic E-state index is 14.7. The molecule has 0 radical (unpaired) electrons. The summed E-state index contributed by atoms with van der Waals surface area (Å²) in [5.74, 6) is -1.33. The summed E-state index contributed by atoms with van der Waals surface area (Å²) in [6.07, 6.45) is 2.03. The first-order chi connectivity index (χ1) is 13.8. The molecule has 12 heteroatoms. The first kappa shape index (κ1) is 22.1. The molecule has 0 bridgehead atoms. The van der Waals surface area contributed by atoms with Crippen LogP contribution in [0.1, 0.15) is 44.2 Å². The Morgan fingerprint density at radius 2 is 2.03 bits per heavy atom. The minimum absolute atomic E-state index is 0.0560. The molecule has 1 unspecified atom stereocenters. The van der Waals surface area contributed by atoms with E-state index < -0.39 is 44.5 Å². The molecule has 2 heterocycles. The van der Waals surface area contributed by atoms with Crippen molar-refractivity contribution in [1.82, 2.24) is 15.1 Å². The number of alkyl halides is 3. The van der Waals surface area contributed by atoms with Crippen LogP contribution in [0, 0.1) is 0 Å². The van der Waals surface area contributed by atoms with Crippen LogP contribution in [-0.4, -0.2) is 52.2 Å². The van der Waals surface area contributed by atoms with E-state index in [1.165, 1.54) is 32.9 Å². The molecule has 30 heavy (non-hydrogen) atoms. The van der Waals surface area contributed by atoms with Gasteiger partial charge in [-0.3, -0.25) is 9.79 Å². The standard InChI is InChI=1S/C18H22F3N5O3S/c1-17(2)15(22)24-18(3,9-30(17,28)29)11-8-10(4-5-12(11)19)23-14(27)13-6-7-26(25-13)16(20)21/h4,6-8,12,16H,5,9H2,1-3H3,(H2,22,24)(H,23,27)/t12?,18-/m0/s1. The summed E-state index contributed by atoms with van der Waals surface area (Å²) < 4.78 is 64.4. The highest BCUT2D eigenvalue weighted by atomic mass is 32.2. The Labute approximate surface area is 171 Å². The molecule has 1 aromatic heterocycles. The summed E-state index contributed by atoms with van der Waals surface area (Å²) in [5.41, 5.74) is 4.45. The van der Waals surface area contributed by atoms with E-state index in [-0.39, 0.29) is 29.2 Å². The fourth-order valence-corrected chi connectivity index (χ4v) is 5.00. The third-order valence-corrected chi connectivity index (χ3v) is 8.05. The fraction of sp³-hybridized carbons (Fsp3) is 0.500. The van der Waals surface area contributed by atoms with Gasteiger partial charge in [0.15, 0.2) is 15.5 Å². The molecular formula is C18H22F3N5O3S. The van der Waals surface area contributed by atoms with Crippen molar-refractivity contribution in [2.75, 3.05) is 5.75 Å². The average Bonchev–Trinajstić information content (AvgIpc) is 3.12. The molecule has 8 nitrogen and oxygen atoms in total. The second kappa shape index (κ2) is 7.25. The highest BCUT2D eigenvalue weighted by Gasteiger charge is 2.50. The number of amidine groups is 1. The van der Waals surface area contributed by atoms with Crippen LogP contribution in [0.5, 0.6) is 0 Å². The van der Waals surface area contributed by atoms with Crippen molar-refractivity contribution >= 4 is 21.6 Å². The second-order valence-electron chi connectivity index (χ2n) is 7.92. The molecule has 2 aliphatic rings. The van der Waals surface area contributed by atoms with Gasteiger partial charge in [0, 0.05) is 18.3 Å². The number of rotatable bonds is 4. The lowest BCUT2D eigenvalue weighted by Gasteiger charge is -2.40. The summed E-state index contributed by atoms with van der Waals surface area (Å²) >= 11 is 0. The van der Waals surface area contributed by atoms with Gasteiger partial charge in [0.05, 0.1) is 11.3 Å². The number of carbonyl (C=O) groups excluding carboxylic acids is 1. The van der Waals surface area contributed by atoms with E-state index in [2.05, 4.69) is 15.4 Å².